The van der Waals surface area contributed by atoms with Gasteiger partial charge in [-0.1, -0.05) is 43.7 Å². The van der Waals surface area contributed by atoms with Crippen LogP contribution in [0.3, 0.4) is 0 Å². The first-order chi connectivity index (χ1) is 16.1. The van der Waals surface area contributed by atoms with Crippen molar-refractivity contribution in [3.05, 3.63) is 56.7 Å². The number of piperidine rings is 1. The Balaban J connectivity index is 1.91. The topological polar surface area (TPSA) is 104 Å². The molecule has 1 saturated heterocycles. The fraction of sp³-hybridized carbons (Fsp3) is 0.522. The fourth-order valence-electron chi connectivity index (χ4n) is 4.18. The number of nitrogens with zero attached hydrogens (tertiary/aromatic N) is 3. The van der Waals surface area contributed by atoms with Gasteiger partial charge in [-0.15, -0.1) is 0 Å². The number of carbonyl (C=O) groups is 1. The van der Waals surface area contributed by atoms with E-state index in [0.717, 1.165) is 5.56 Å². The van der Waals surface area contributed by atoms with E-state index < -0.39 is 29.3 Å². The van der Waals surface area contributed by atoms with Crippen molar-refractivity contribution in [2.45, 2.75) is 45.3 Å². The van der Waals surface area contributed by atoms with Crippen LogP contribution in [0.2, 0.25) is 0 Å². The number of hydrogen-bond acceptors (Lipinski definition) is 5. The first kappa shape index (κ1) is 25.5. The number of halogens is 3. The van der Waals surface area contributed by atoms with Crippen LogP contribution in [0.4, 0.5) is 24.7 Å². The molecular formula is C23H30F3N5O3. The van der Waals surface area contributed by atoms with E-state index >= 15 is 0 Å². The van der Waals surface area contributed by atoms with Crippen LogP contribution in [0.15, 0.2) is 39.9 Å². The van der Waals surface area contributed by atoms with Gasteiger partial charge in [-0.2, -0.15) is 13.2 Å². The van der Waals surface area contributed by atoms with Crippen LogP contribution in [-0.4, -0.2) is 52.7 Å². The SMILES string of the molecule is CCCCN(C(=O)CN1CCCC(C(F)(F)F)C1)c1c(N)n(Cc2ccccc2)c(=O)[nH]c1=O. The average Bonchev–Trinajstić information content (AvgIpc) is 2.79. The summed E-state index contributed by atoms with van der Waals surface area (Å²) in [6, 6.07) is 9.01. The molecule has 0 aliphatic carbocycles. The molecule has 1 aromatic carbocycles. The standard InChI is InChI=1S/C23H30F3N5O3/c1-2-3-12-30(18(32)15-29-11-7-10-17(14-29)23(24,25)26)19-20(27)31(22(34)28-21(19)33)13-16-8-5-4-6-9-16/h4-6,8-9,17H,2-3,7,10-15,27H2,1H3,(H,28,33,34). The van der Waals surface area contributed by atoms with Crippen molar-refractivity contribution in [2.75, 3.05) is 36.8 Å². The summed E-state index contributed by atoms with van der Waals surface area (Å²) in [4.78, 5) is 43.4. The largest absolute Gasteiger partial charge is 0.393 e. The number of benzene rings is 1. The van der Waals surface area contributed by atoms with E-state index in [-0.39, 0.29) is 44.1 Å². The van der Waals surface area contributed by atoms with Crippen molar-refractivity contribution >= 4 is 17.4 Å². The summed E-state index contributed by atoms with van der Waals surface area (Å²) in [7, 11) is 0. The predicted octanol–water partition coefficient (Wildman–Crippen LogP) is 2.57. The Morgan fingerprint density at radius 1 is 1.24 bits per heavy atom. The van der Waals surface area contributed by atoms with Gasteiger partial charge in [0.2, 0.25) is 5.91 Å². The molecule has 0 bridgehead atoms. The summed E-state index contributed by atoms with van der Waals surface area (Å²) in [5.41, 5.74) is 5.35. The van der Waals surface area contributed by atoms with E-state index in [0.29, 0.717) is 25.8 Å². The Morgan fingerprint density at radius 3 is 2.59 bits per heavy atom. The molecular weight excluding hydrogens is 451 g/mol. The number of nitrogens with one attached hydrogen (secondary N) is 1. The first-order valence-corrected chi connectivity index (χ1v) is 11.4. The third-order valence-electron chi connectivity index (χ3n) is 6.03. The van der Waals surface area contributed by atoms with Crippen LogP contribution in [0.25, 0.3) is 0 Å². The van der Waals surface area contributed by atoms with Gasteiger partial charge in [-0.3, -0.25) is 24.0 Å². The highest BCUT2D eigenvalue weighted by Crippen LogP contribution is 2.33. The minimum absolute atomic E-state index is 0.0325. The monoisotopic (exact) mass is 481 g/mol. The lowest BCUT2D eigenvalue weighted by Crippen LogP contribution is -2.49. The number of unbranched alkanes of at least 4 members (excludes halogenated alkanes) is 1. The molecule has 1 aliphatic heterocycles. The van der Waals surface area contributed by atoms with E-state index in [1.165, 1.54) is 14.4 Å². The molecule has 8 nitrogen and oxygen atoms in total. The number of hydrogen-bond donors (Lipinski definition) is 2. The molecule has 1 unspecified atom stereocenters. The minimum Gasteiger partial charge on any atom is -0.383 e. The normalized spacial score (nSPS) is 17.0. The lowest BCUT2D eigenvalue weighted by molar-refractivity contribution is -0.187. The Morgan fingerprint density at radius 2 is 1.94 bits per heavy atom. The van der Waals surface area contributed by atoms with Crippen molar-refractivity contribution in [1.82, 2.24) is 14.5 Å². The van der Waals surface area contributed by atoms with Crippen LogP contribution < -0.4 is 21.9 Å². The number of aromatic amines is 1. The third kappa shape index (κ3) is 6.07. The summed E-state index contributed by atoms with van der Waals surface area (Å²) in [5.74, 6) is -2.17. The molecule has 0 radical (unpaired) electrons. The predicted molar refractivity (Wildman–Crippen MR) is 124 cm³/mol. The zero-order chi connectivity index (χ0) is 24.9. The number of nitrogens with two attached hydrogens (primary N) is 1. The van der Waals surface area contributed by atoms with Crippen molar-refractivity contribution in [3.8, 4) is 0 Å². The number of H-pyrrole nitrogens is 1. The number of nitrogen functional groups attached to an aromatic ring is 1. The van der Waals surface area contributed by atoms with Crippen molar-refractivity contribution in [3.63, 3.8) is 0 Å². The van der Waals surface area contributed by atoms with Crippen LogP contribution in [0.5, 0.6) is 0 Å². The third-order valence-corrected chi connectivity index (χ3v) is 6.03. The number of aromatic nitrogens is 2. The zero-order valence-corrected chi connectivity index (χ0v) is 19.1. The molecule has 1 fully saturated rings. The van der Waals surface area contributed by atoms with E-state index in [9.17, 15) is 27.6 Å². The molecule has 0 spiro atoms. The zero-order valence-electron chi connectivity index (χ0n) is 19.1. The Labute approximate surface area is 195 Å². The fourth-order valence-corrected chi connectivity index (χ4v) is 4.18. The maximum absolute atomic E-state index is 13.2. The molecule has 3 rings (SSSR count). The van der Waals surface area contributed by atoms with Gasteiger partial charge >= 0.3 is 11.9 Å². The Bertz CT molecular complexity index is 1100. The minimum atomic E-state index is -4.32. The summed E-state index contributed by atoms with van der Waals surface area (Å²) in [5, 5.41) is 0. The van der Waals surface area contributed by atoms with E-state index in [4.69, 9.17) is 5.73 Å². The van der Waals surface area contributed by atoms with Gasteiger partial charge in [0.15, 0.2) is 5.69 Å². The van der Waals surface area contributed by atoms with E-state index in [1.54, 1.807) is 24.3 Å². The van der Waals surface area contributed by atoms with Crippen LogP contribution >= 0.6 is 0 Å². The molecule has 186 valence electrons. The summed E-state index contributed by atoms with van der Waals surface area (Å²) >= 11 is 0. The van der Waals surface area contributed by atoms with E-state index in [1.807, 2.05) is 13.0 Å². The molecule has 11 heteroatoms. The maximum atomic E-state index is 13.2. The number of anilines is 2. The van der Waals surface area contributed by atoms with Gasteiger partial charge in [-0.05, 0) is 31.4 Å². The second kappa shape index (κ2) is 10.9. The molecule has 3 N–H and O–H groups in total. The second-order valence-corrected chi connectivity index (χ2v) is 8.58. The number of carbonyl (C=O) groups excluding carboxylic acids is 1. The lowest BCUT2D eigenvalue weighted by atomic mass is 9.97. The highest BCUT2D eigenvalue weighted by atomic mass is 19.4. The van der Waals surface area contributed by atoms with Crippen molar-refractivity contribution in [1.29, 1.82) is 0 Å². The van der Waals surface area contributed by atoms with Gasteiger partial charge in [-0.25, -0.2) is 4.79 Å². The number of likely N-dealkylation sites (tertiary alicyclic amines) is 1. The molecule has 0 saturated carbocycles. The highest BCUT2D eigenvalue weighted by Gasteiger charge is 2.42. The first-order valence-electron chi connectivity index (χ1n) is 11.4. The van der Waals surface area contributed by atoms with Crippen molar-refractivity contribution < 1.29 is 18.0 Å². The van der Waals surface area contributed by atoms with Gasteiger partial charge < -0.3 is 10.6 Å². The Hall–Kier alpha value is -3.08. The summed E-state index contributed by atoms with van der Waals surface area (Å²) < 4.78 is 40.8. The van der Waals surface area contributed by atoms with Crippen molar-refractivity contribution in [2.24, 2.45) is 5.92 Å². The smallest absolute Gasteiger partial charge is 0.383 e. The number of amides is 1. The lowest BCUT2D eigenvalue weighted by Gasteiger charge is -2.34. The van der Waals surface area contributed by atoms with Gasteiger partial charge in [0.25, 0.3) is 5.56 Å². The van der Waals surface area contributed by atoms with E-state index in [2.05, 4.69) is 4.98 Å². The summed E-state index contributed by atoms with van der Waals surface area (Å²) in [6.45, 7) is 1.97. The van der Waals surface area contributed by atoms with Crippen LogP contribution in [0, 0.1) is 5.92 Å². The molecule has 2 heterocycles. The Kier molecular flexibility index (Phi) is 8.19. The second-order valence-electron chi connectivity index (χ2n) is 8.58. The average molecular weight is 482 g/mol. The van der Waals surface area contributed by atoms with Gasteiger partial charge in [0, 0.05) is 13.1 Å². The molecule has 1 aromatic heterocycles. The highest BCUT2D eigenvalue weighted by molar-refractivity contribution is 5.96. The quantitative estimate of drug-likeness (QED) is 0.603. The molecule has 2 aromatic rings. The van der Waals surface area contributed by atoms with Gasteiger partial charge in [0.05, 0.1) is 19.0 Å². The van der Waals surface area contributed by atoms with Crippen LogP contribution in [0.1, 0.15) is 38.2 Å². The molecule has 1 amide bonds. The maximum Gasteiger partial charge on any atom is 0.393 e. The molecule has 1 aliphatic rings. The number of rotatable bonds is 8. The molecule has 34 heavy (non-hydrogen) atoms. The van der Waals surface area contributed by atoms with Crippen LogP contribution in [-0.2, 0) is 11.3 Å². The number of alkyl halides is 3. The van der Waals surface area contributed by atoms with Gasteiger partial charge in [0.1, 0.15) is 5.82 Å². The summed E-state index contributed by atoms with van der Waals surface area (Å²) in [6.07, 6.45) is -2.70. The molecule has 1 atom stereocenters.